The molecule has 0 aromatic rings. The van der Waals surface area contributed by atoms with Crippen molar-refractivity contribution >= 4 is 18.6 Å². The van der Waals surface area contributed by atoms with Crippen LogP contribution in [0.3, 0.4) is 0 Å². The van der Waals surface area contributed by atoms with E-state index < -0.39 is 17.0 Å². The first-order chi connectivity index (χ1) is 9.27. The summed E-state index contributed by atoms with van der Waals surface area (Å²) < 4.78 is 0. The van der Waals surface area contributed by atoms with E-state index in [1.807, 2.05) is 0 Å². The van der Waals surface area contributed by atoms with E-state index in [0.29, 0.717) is 0 Å². The molecule has 2 saturated carbocycles. The molecule has 2 rings (SSSR count). The van der Waals surface area contributed by atoms with Crippen LogP contribution in [0.2, 0.25) is 0 Å². The minimum absolute atomic E-state index is 0.556. The summed E-state index contributed by atoms with van der Waals surface area (Å²) in [6.45, 7) is 15.2. The van der Waals surface area contributed by atoms with Crippen LogP contribution in [0.25, 0.3) is 0 Å². The summed E-state index contributed by atoms with van der Waals surface area (Å²) in [7, 11) is 9.78. The summed E-state index contributed by atoms with van der Waals surface area (Å²) in [4.78, 5) is 0. The third-order valence-corrected chi connectivity index (χ3v) is 4.13. The first kappa shape index (κ1) is 21.3. The second-order valence-electron chi connectivity index (χ2n) is 5.09. The molecule has 0 saturated heterocycles. The van der Waals surface area contributed by atoms with Gasteiger partial charge in [0.05, 0.1) is 0 Å². The summed E-state index contributed by atoms with van der Waals surface area (Å²) in [5.74, 6) is 10.1. The molecule has 0 unspecified atom stereocenters. The van der Waals surface area contributed by atoms with E-state index in [4.69, 9.17) is 18.6 Å². The molecule has 0 aromatic heterocycles. The molecule has 3 heteroatoms. The fraction of sp³-hybridized carbons (Fsp3) is 0.412. The van der Waals surface area contributed by atoms with E-state index >= 15 is 0 Å². The van der Waals surface area contributed by atoms with E-state index in [0.717, 1.165) is 0 Å². The molecule has 2 aliphatic carbocycles. The van der Waals surface area contributed by atoms with Crippen LogP contribution in [0, 0.1) is 60.7 Å². The molecule has 0 nitrogen and oxygen atoms in total. The van der Waals surface area contributed by atoms with Crippen LogP contribution < -0.4 is 0 Å². The fourth-order valence-corrected chi connectivity index (χ4v) is 2.01. The number of halogens is 2. The zero-order chi connectivity index (χ0) is 15.9. The molecule has 0 bridgehead atoms. The van der Waals surface area contributed by atoms with Gasteiger partial charge in [-0.1, -0.05) is 48.5 Å². The van der Waals surface area contributed by atoms with Gasteiger partial charge in [0.15, 0.2) is 0 Å². The van der Waals surface area contributed by atoms with Crippen molar-refractivity contribution in [2.24, 2.45) is 0 Å². The molecular formula is C17H24Cl2Ti. The average molecular weight is 347 g/mol. The topological polar surface area (TPSA) is 0 Å². The maximum atomic E-state index is 4.89. The van der Waals surface area contributed by atoms with E-state index in [2.05, 4.69) is 67.7 Å². The van der Waals surface area contributed by atoms with E-state index in [9.17, 15) is 0 Å². The summed E-state index contributed by atoms with van der Waals surface area (Å²) in [6.07, 6.45) is 6.31. The Kier molecular flexibility index (Phi) is 11.6. The van der Waals surface area contributed by atoms with Crippen LogP contribution in [-0.2, 0) is 17.0 Å². The second kappa shape index (κ2) is 10.9. The van der Waals surface area contributed by atoms with Crippen molar-refractivity contribution in [3.8, 4) is 0 Å². The number of hydrogen-bond donors (Lipinski definition) is 0. The van der Waals surface area contributed by atoms with Crippen LogP contribution in [0.5, 0.6) is 0 Å². The van der Waals surface area contributed by atoms with Gasteiger partial charge >= 0.3 is 35.6 Å². The second-order valence-corrected chi connectivity index (χ2v) is 7.67. The number of rotatable bonds is 0. The Balaban J connectivity index is 0.000000315. The quantitative estimate of drug-likeness (QED) is 0.461. The maximum absolute atomic E-state index is 4.89. The summed E-state index contributed by atoms with van der Waals surface area (Å²) in [6, 6.07) is 0. The van der Waals surface area contributed by atoms with Gasteiger partial charge in [0.1, 0.15) is 0 Å². The van der Waals surface area contributed by atoms with Crippen LogP contribution in [0.15, 0.2) is 0 Å². The van der Waals surface area contributed by atoms with E-state index in [1.54, 1.807) is 0 Å². The Labute approximate surface area is 144 Å². The Morgan fingerprint density at radius 1 is 0.600 bits per heavy atom. The van der Waals surface area contributed by atoms with Crippen LogP contribution >= 0.6 is 18.6 Å². The van der Waals surface area contributed by atoms with Gasteiger partial charge in [-0.3, -0.25) is 0 Å². The molecule has 2 fully saturated rings. The van der Waals surface area contributed by atoms with E-state index in [-0.39, 0.29) is 0 Å². The summed E-state index contributed by atoms with van der Waals surface area (Å²) in [5, 5.41) is 0. The van der Waals surface area contributed by atoms with Crippen molar-refractivity contribution in [2.75, 3.05) is 0 Å². The zero-order valence-electron chi connectivity index (χ0n) is 13.5. The molecule has 110 valence electrons. The van der Waals surface area contributed by atoms with Gasteiger partial charge in [0, 0.05) is 0 Å². The van der Waals surface area contributed by atoms with Gasteiger partial charge in [-0.15, -0.1) is 0 Å². The Morgan fingerprint density at radius 3 is 0.900 bits per heavy atom. The van der Waals surface area contributed by atoms with E-state index in [1.165, 1.54) is 41.4 Å². The third kappa shape index (κ3) is 6.59. The first-order valence-electron chi connectivity index (χ1n) is 6.62. The summed E-state index contributed by atoms with van der Waals surface area (Å²) >= 11 is -0.556. The molecule has 0 spiro atoms. The normalized spacial score (nSPS) is 24.2. The molecule has 0 atom stereocenters. The Bertz CT molecular complexity index is 194. The number of hydrogen-bond acceptors (Lipinski definition) is 0. The Morgan fingerprint density at radius 2 is 0.800 bits per heavy atom. The van der Waals surface area contributed by atoms with Crippen molar-refractivity contribution in [3.05, 3.63) is 60.7 Å². The molecule has 0 heterocycles. The average Bonchev–Trinajstić information content (AvgIpc) is 2.86. The van der Waals surface area contributed by atoms with Gasteiger partial charge in [0.2, 0.25) is 0 Å². The molecular weight excluding hydrogens is 323 g/mol. The van der Waals surface area contributed by atoms with Crippen molar-refractivity contribution < 1.29 is 17.0 Å². The zero-order valence-corrected chi connectivity index (χ0v) is 16.6. The predicted octanol–water partition coefficient (Wildman–Crippen LogP) is 6.15. The van der Waals surface area contributed by atoms with Crippen molar-refractivity contribution in [1.82, 2.24) is 0 Å². The third-order valence-electron chi connectivity index (χ3n) is 4.13. The van der Waals surface area contributed by atoms with Crippen LogP contribution in [0.1, 0.15) is 48.5 Å². The summed E-state index contributed by atoms with van der Waals surface area (Å²) in [5.41, 5.74) is 0. The molecule has 0 amide bonds. The van der Waals surface area contributed by atoms with Crippen molar-refractivity contribution in [1.29, 1.82) is 0 Å². The van der Waals surface area contributed by atoms with Crippen LogP contribution in [0.4, 0.5) is 0 Å². The standard InChI is InChI=1S/C10H15.C7H9.2ClH.Ti/c1-6-7(2)9(4)10(5)8(6)3;1-6-4-3-5-7(6)2;;;/h1-5H3;3-5H,1-2H3;2*1H;/q;;;;+2/p-2. The molecule has 10 radical (unpaired) electrons. The molecule has 0 N–H and O–H groups in total. The molecule has 0 aromatic carbocycles. The van der Waals surface area contributed by atoms with Gasteiger partial charge in [0.25, 0.3) is 0 Å². The predicted molar refractivity (Wildman–Crippen MR) is 87.0 cm³/mol. The molecule has 2 aliphatic rings. The van der Waals surface area contributed by atoms with Gasteiger partial charge in [-0.2, -0.15) is 0 Å². The van der Waals surface area contributed by atoms with Gasteiger partial charge in [-0.25, -0.2) is 0 Å². The van der Waals surface area contributed by atoms with Crippen LogP contribution in [-0.4, -0.2) is 0 Å². The fourth-order valence-electron chi connectivity index (χ4n) is 2.01. The van der Waals surface area contributed by atoms with Gasteiger partial charge in [-0.05, 0) is 60.7 Å². The molecule has 20 heavy (non-hydrogen) atoms. The van der Waals surface area contributed by atoms with Crippen molar-refractivity contribution in [2.45, 2.75) is 48.5 Å². The van der Waals surface area contributed by atoms with Gasteiger partial charge < -0.3 is 0 Å². The molecule has 0 aliphatic heterocycles. The SMILES string of the molecule is C[C]1[CH][CH][CH][C]1C.C[C]1[C](C)[C](C)[C](C)[C]1C.[Cl][Ti][Cl]. The monoisotopic (exact) mass is 346 g/mol. The Hall–Kier alpha value is 1.29. The minimum atomic E-state index is -0.556. The van der Waals surface area contributed by atoms with Crippen molar-refractivity contribution in [3.63, 3.8) is 0 Å². The first-order valence-corrected chi connectivity index (χ1v) is 10.9.